The molecule has 2 unspecified atom stereocenters. The van der Waals surface area contributed by atoms with E-state index in [1.807, 2.05) is 0 Å². The van der Waals surface area contributed by atoms with Crippen molar-refractivity contribution in [2.75, 3.05) is 13.2 Å². The molecule has 90 valence electrons. The molecule has 1 aromatic rings. The highest BCUT2D eigenvalue weighted by Crippen LogP contribution is 2.23. The van der Waals surface area contributed by atoms with Crippen LogP contribution in [0.25, 0.3) is 0 Å². The fourth-order valence-electron chi connectivity index (χ4n) is 2.52. The summed E-state index contributed by atoms with van der Waals surface area (Å²) in [5, 5.41) is 9.23. The molecule has 1 aliphatic rings. The van der Waals surface area contributed by atoms with Gasteiger partial charge in [0.1, 0.15) is 0 Å². The van der Waals surface area contributed by atoms with E-state index in [-0.39, 0.29) is 0 Å². The quantitative estimate of drug-likeness (QED) is 0.842. The Hall–Kier alpha value is -0.800. The summed E-state index contributed by atoms with van der Waals surface area (Å²) in [4.78, 5) is 2.49. The second kappa shape index (κ2) is 5.02. The third-order valence-electron chi connectivity index (χ3n) is 3.65. The Balaban J connectivity index is 1.96. The van der Waals surface area contributed by atoms with Gasteiger partial charge >= 0.3 is 0 Å². The molecule has 1 aromatic heterocycles. The Morgan fingerprint density at radius 1 is 1.44 bits per heavy atom. The van der Waals surface area contributed by atoms with Crippen molar-refractivity contribution in [2.45, 2.75) is 32.4 Å². The van der Waals surface area contributed by atoms with Crippen LogP contribution in [-0.2, 0) is 13.6 Å². The number of piperidine rings is 1. The molecule has 1 saturated heterocycles. The minimum atomic E-state index is 0.331. The van der Waals surface area contributed by atoms with E-state index >= 15 is 0 Å². The normalized spacial score (nSPS) is 27.2. The molecule has 0 radical (unpaired) electrons. The van der Waals surface area contributed by atoms with Crippen molar-refractivity contribution >= 4 is 0 Å². The van der Waals surface area contributed by atoms with Crippen molar-refractivity contribution in [3.8, 4) is 0 Å². The molecule has 1 fully saturated rings. The van der Waals surface area contributed by atoms with Gasteiger partial charge < -0.3 is 9.67 Å². The number of aliphatic hydroxyl groups is 1. The molecule has 0 spiro atoms. The maximum Gasteiger partial charge on any atom is 0.0471 e. The Morgan fingerprint density at radius 2 is 2.25 bits per heavy atom. The van der Waals surface area contributed by atoms with Crippen molar-refractivity contribution in [3.05, 3.63) is 24.0 Å². The Bertz CT molecular complexity index is 334. The largest absolute Gasteiger partial charge is 0.396 e. The summed E-state index contributed by atoms with van der Waals surface area (Å²) in [6.07, 6.45) is 6.64. The Morgan fingerprint density at radius 3 is 2.88 bits per heavy atom. The number of aromatic nitrogens is 1. The van der Waals surface area contributed by atoms with Crippen LogP contribution in [0.15, 0.2) is 18.5 Å². The number of hydrogen-bond acceptors (Lipinski definition) is 2. The first-order valence-corrected chi connectivity index (χ1v) is 6.15. The van der Waals surface area contributed by atoms with Gasteiger partial charge in [-0.3, -0.25) is 4.90 Å². The molecule has 16 heavy (non-hydrogen) atoms. The number of aryl methyl sites for hydroxylation is 1. The molecule has 2 atom stereocenters. The second-order valence-corrected chi connectivity index (χ2v) is 5.09. The van der Waals surface area contributed by atoms with Crippen molar-refractivity contribution in [1.82, 2.24) is 9.47 Å². The van der Waals surface area contributed by atoms with E-state index in [0.717, 1.165) is 13.1 Å². The highest BCUT2D eigenvalue weighted by atomic mass is 16.3. The van der Waals surface area contributed by atoms with Gasteiger partial charge in [-0.25, -0.2) is 0 Å². The number of hydrogen-bond donors (Lipinski definition) is 1. The van der Waals surface area contributed by atoms with Crippen LogP contribution in [0.5, 0.6) is 0 Å². The van der Waals surface area contributed by atoms with Gasteiger partial charge in [0, 0.05) is 45.2 Å². The SMILES string of the molecule is CC1CCC(CO)CN1Cc1ccn(C)c1. The topological polar surface area (TPSA) is 28.4 Å². The van der Waals surface area contributed by atoms with Gasteiger partial charge in [0.2, 0.25) is 0 Å². The zero-order valence-electron chi connectivity index (χ0n) is 10.3. The summed E-state index contributed by atoms with van der Waals surface area (Å²) in [6.45, 7) is 4.67. The Kier molecular flexibility index (Phi) is 3.66. The van der Waals surface area contributed by atoms with E-state index in [1.54, 1.807) is 0 Å². The maximum atomic E-state index is 9.23. The van der Waals surface area contributed by atoms with Crippen LogP contribution in [0.3, 0.4) is 0 Å². The molecule has 2 rings (SSSR count). The second-order valence-electron chi connectivity index (χ2n) is 5.09. The van der Waals surface area contributed by atoms with E-state index in [2.05, 4.69) is 41.9 Å². The number of likely N-dealkylation sites (tertiary alicyclic amines) is 1. The van der Waals surface area contributed by atoms with Crippen LogP contribution in [0.4, 0.5) is 0 Å². The lowest BCUT2D eigenvalue weighted by atomic mass is 9.94. The lowest BCUT2D eigenvalue weighted by Gasteiger charge is -2.37. The standard InChI is InChI=1S/C13H22N2O/c1-11-3-4-13(10-16)9-15(11)8-12-5-6-14(2)7-12/h5-7,11,13,16H,3-4,8-10H2,1-2H3. The van der Waals surface area contributed by atoms with Crippen molar-refractivity contribution in [2.24, 2.45) is 13.0 Å². The smallest absolute Gasteiger partial charge is 0.0471 e. The molecular formula is C13H22N2O. The molecule has 0 aliphatic carbocycles. The fourth-order valence-corrected chi connectivity index (χ4v) is 2.52. The van der Waals surface area contributed by atoms with Crippen molar-refractivity contribution < 1.29 is 5.11 Å². The average molecular weight is 222 g/mol. The fraction of sp³-hybridized carbons (Fsp3) is 0.692. The van der Waals surface area contributed by atoms with Crippen molar-refractivity contribution in [3.63, 3.8) is 0 Å². The van der Waals surface area contributed by atoms with Gasteiger partial charge in [0.05, 0.1) is 0 Å². The van der Waals surface area contributed by atoms with Crippen LogP contribution >= 0.6 is 0 Å². The van der Waals surface area contributed by atoms with E-state index < -0.39 is 0 Å². The summed E-state index contributed by atoms with van der Waals surface area (Å²) in [7, 11) is 2.06. The minimum absolute atomic E-state index is 0.331. The molecule has 0 aromatic carbocycles. The zero-order valence-corrected chi connectivity index (χ0v) is 10.3. The first-order chi connectivity index (χ1) is 7.69. The molecule has 1 N–H and O–H groups in total. The van der Waals surface area contributed by atoms with Gasteiger partial charge in [-0.15, -0.1) is 0 Å². The Labute approximate surface area is 97.7 Å². The third-order valence-corrected chi connectivity index (χ3v) is 3.65. The maximum absolute atomic E-state index is 9.23. The monoisotopic (exact) mass is 222 g/mol. The summed E-state index contributed by atoms with van der Waals surface area (Å²) in [6, 6.07) is 2.82. The van der Waals surface area contributed by atoms with Crippen LogP contribution in [0, 0.1) is 5.92 Å². The van der Waals surface area contributed by atoms with E-state index in [9.17, 15) is 5.11 Å². The van der Waals surface area contributed by atoms with Gasteiger partial charge in [0.25, 0.3) is 0 Å². The average Bonchev–Trinajstić information content (AvgIpc) is 2.67. The summed E-state index contributed by atoms with van der Waals surface area (Å²) in [5.41, 5.74) is 1.37. The van der Waals surface area contributed by atoms with Gasteiger partial charge in [-0.1, -0.05) is 0 Å². The lowest BCUT2D eigenvalue weighted by molar-refractivity contribution is 0.0771. The van der Waals surface area contributed by atoms with Crippen molar-refractivity contribution in [1.29, 1.82) is 0 Å². The summed E-state index contributed by atoms with van der Waals surface area (Å²) < 4.78 is 2.09. The molecule has 2 heterocycles. The zero-order chi connectivity index (χ0) is 11.5. The molecule has 3 nitrogen and oxygen atoms in total. The van der Waals surface area contributed by atoms with Gasteiger partial charge in [0.15, 0.2) is 0 Å². The molecule has 0 saturated carbocycles. The molecule has 1 aliphatic heterocycles. The van der Waals surface area contributed by atoms with Crippen LogP contribution in [0.1, 0.15) is 25.3 Å². The van der Waals surface area contributed by atoms with E-state index in [0.29, 0.717) is 18.6 Å². The molecular weight excluding hydrogens is 200 g/mol. The number of rotatable bonds is 3. The number of nitrogens with zero attached hydrogens (tertiary/aromatic N) is 2. The first-order valence-electron chi connectivity index (χ1n) is 6.15. The summed E-state index contributed by atoms with van der Waals surface area (Å²) >= 11 is 0. The first kappa shape index (κ1) is 11.7. The summed E-state index contributed by atoms with van der Waals surface area (Å²) in [5.74, 6) is 0.472. The lowest BCUT2D eigenvalue weighted by Crippen LogP contribution is -2.42. The molecule has 0 amide bonds. The van der Waals surface area contributed by atoms with Gasteiger partial charge in [-0.05, 0) is 37.3 Å². The highest BCUT2D eigenvalue weighted by molar-refractivity contribution is 5.10. The van der Waals surface area contributed by atoms with E-state index in [1.165, 1.54) is 18.4 Å². The minimum Gasteiger partial charge on any atom is -0.396 e. The number of aliphatic hydroxyl groups excluding tert-OH is 1. The van der Waals surface area contributed by atoms with E-state index in [4.69, 9.17) is 0 Å². The third kappa shape index (κ3) is 2.66. The highest BCUT2D eigenvalue weighted by Gasteiger charge is 2.24. The van der Waals surface area contributed by atoms with Crippen LogP contribution in [-0.4, -0.2) is 33.8 Å². The predicted molar refractivity (Wildman–Crippen MR) is 65.1 cm³/mol. The van der Waals surface area contributed by atoms with Crippen LogP contribution < -0.4 is 0 Å². The predicted octanol–water partition coefficient (Wildman–Crippen LogP) is 1.62. The van der Waals surface area contributed by atoms with Gasteiger partial charge in [-0.2, -0.15) is 0 Å². The molecule has 3 heteroatoms. The molecule has 0 bridgehead atoms. The van der Waals surface area contributed by atoms with Crippen LogP contribution in [0.2, 0.25) is 0 Å².